The molecule has 0 spiro atoms. The van der Waals surface area contributed by atoms with Gasteiger partial charge >= 0.3 is 0 Å². The Labute approximate surface area is 122 Å². The normalized spacial score (nSPS) is 17.1. The standard InChI is InChI=1S/C15H28N4O/c1-18-12-7-14(8-13-18)19(2)11-5-3-4-10-17-15(20)6-9-16/h14H,3-8,10-13H2,1-2H3,(H,17,20). The van der Waals surface area contributed by atoms with E-state index in [-0.39, 0.29) is 12.3 Å². The van der Waals surface area contributed by atoms with E-state index in [0.717, 1.165) is 25.4 Å². The SMILES string of the molecule is CN1CCC(N(C)CCCCCNC(=O)CC#N)CC1. The number of carbonyl (C=O) groups is 1. The van der Waals surface area contributed by atoms with Crippen molar-refractivity contribution in [1.82, 2.24) is 15.1 Å². The molecule has 1 aliphatic rings. The Bertz CT molecular complexity index is 318. The molecule has 0 atom stereocenters. The van der Waals surface area contributed by atoms with Gasteiger partial charge in [-0.25, -0.2) is 0 Å². The van der Waals surface area contributed by atoms with Gasteiger partial charge in [-0.1, -0.05) is 6.42 Å². The molecule has 114 valence electrons. The summed E-state index contributed by atoms with van der Waals surface area (Å²) in [4.78, 5) is 16.0. The third-order valence-corrected chi connectivity index (χ3v) is 4.06. The molecular formula is C15H28N4O. The minimum atomic E-state index is -0.157. The number of nitrogens with one attached hydrogen (secondary N) is 1. The molecule has 1 aliphatic heterocycles. The molecule has 0 saturated carbocycles. The lowest BCUT2D eigenvalue weighted by atomic mass is 10.0. The number of unbranched alkanes of at least 4 members (excludes halogenated alkanes) is 2. The summed E-state index contributed by atoms with van der Waals surface area (Å²) in [6.07, 6.45) is 5.83. The van der Waals surface area contributed by atoms with Gasteiger partial charge in [0.05, 0.1) is 6.07 Å². The van der Waals surface area contributed by atoms with Crippen LogP contribution in [-0.2, 0) is 4.79 Å². The van der Waals surface area contributed by atoms with Crippen LogP contribution in [0.25, 0.3) is 0 Å². The van der Waals surface area contributed by atoms with Crippen molar-refractivity contribution in [2.45, 2.75) is 44.6 Å². The topological polar surface area (TPSA) is 59.4 Å². The zero-order chi connectivity index (χ0) is 14.8. The average molecular weight is 280 g/mol. The summed E-state index contributed by atoms with van der Waals surface area (Å²) in [7, 11) is 4.42. The smallest absolute Gasteiger partial charge is 0.234 e. The Morgan fingerprint density at radius 1 is 1.35 bits per heavy atom. The number of carbonyl (C=O) groups excluding carboxylic acids is 1. The second-order valence-corrected chi connectivity index (χ2v) is 5.76. The molecule has 1 rings (SSSR count). The van der Waals surface area contributed by atoms with Crippen LogP contribution in [0.1, 0.15) is 38.5 Å². The van der Waals surface area contributed by atoms with Crippen LogP contribution < -0.4 is 5.32 Å². The van der Waals surface area contributed by atoms with Crippen molar-refractivity contribution in [2.24, 2.45) is 0 Å². The molecule has 1 amide bonds. The van der Waals surface area contributed by atoms with Crippen LogP contribution in [0.4, 0.5) is 0 Å². The third kappa shape index (κ3) is 6.88. The Morgan fingerprint density at radius 3 is 2.70 bits per heavy atom. The number of amides is 1. The molecule has 5 heteroatoms. The highest BCUT2D eigenvalue weighted by atomic mass is 16.1. The maximum atomic E-state index is 11.1. The number of likely N-dealkylation sites (tertiary alicyclic amines) is 1. The Balaban J connectivity index is 1.98. The molecule has 0 unspecified atom stereocenters. The predicted molar refractivity (Wildman–Crippen MR) is 80.2 cm³/mol. The van der Waals surface area contributed by atoms with Gasteiger partial charge in [0.25, 0.3) is 0 Å². The van der Waals surface area contributed by atoms with E-state index in [9.17, 15) is 4.79 Å². The molecule has 0 aliphatic carbocycles. The maximum Gasteiger partial charge on any atom is 0.234 e. The Hall–Kier alpha value is -1.12. The number of hydrogen-bond acceptors (Lipinski definition) is 4. The number of nitrogens with zero attached hydrogens (tertiary/aromatic N) is 3. The van der Waals surface area contributed by atoms with E-state index in [2.05, 4.69) is 29.2 Å². The molecule has 0 aromatic carbocycles. The summed E-state index contributed by atoms with van der Waals surface area (Å²) in [5.41, 5.74) is 0. The number of piperidine rings is 1. The summed E-state index contributed by atoms with van der Waals surface area (Å²) >= 11 is 0. The molecule has 5 nitrogen and oxygen atoms in total. The quantitative estimate of drug-likeness (QED) is 0.679. The van der Waals surface area contributed by atoms with Crippen molar-refractivity contribution in [3.8, 4) is 6.07 Å². The minimum absolute atomic E-state index is 0.0289. The minimum Gasteiger partial charge on any atom is -0.355 e. The molecule has 0 bridgehead atoms. The van der Waals surface area contributed by atoms with Gasteiger partial charge in [-0.05, 0) is 59.4 Å². The molecule has 0 radical (unpaired) electrons. The summed E-state index contributed by atoms with van der Waals surface area (Å²) in [6.45, 7) is 4.25. The van der Waals surface area contributed by atoms with E-state index in [1.54, 1.807) is 0 Å². The first kappa shape index (κ1) is 16.9. The third-order valence-electron chi connectivity index (χ3n) is 4.06. The van der Waals surface area contributed by atoms with Gasteiger partial charge in [0, 0.05) is 12.6 Å². The van der Waals surface area contributed by atoms with E-state index in [4.69, 9.17) is 5.26 Å². The Kier molecular flexibility index (Phi) is 8.24. The molecule has 20 heavy (non-hydrogen) atoms. The van der Waals surface area contributed by atoms with E-state index in [0.29, 0.717) is 6.54 Å². The van der Waals surface area contributed by atoms with Crippen molar-refractivity contribution < 1.29 is 4.79 Å². The molecule has 1 fully saturated rings. The summed E-state index contributed by atoms with van der Waals surface area (Å²) in [5.74, 6) is -0.157. The van der Waals surface area contributed by atoms with Crippen LogP contribution in [0.15, 0.2) is 0 Å². The fourth-order valence-corrected chi connectivity index (χ4v) is 2.64. The van der Waals surface area contributed by atoms with Crippen molar-refractivity contribution >= 4 is 5.91 Å². The van der Waals surface area contributed by atoms with E-state index in [1.807, 2.05) is 6.07 Å². The lowest BCUT2D eigenvalue weighted by Crippen LogP contribution is -2.42. The van der Waals surface area contributed by atoms with Crippen LogP contribution in [-0.4, -0.2) is 62.0 Å². The van der Waals surface area contributed by atoms with Gasteiger partial charge in [-0.2, -0.15) is 5.26 Å². The first-order chi connectivity index (χ1) is 9.63. The zero-order valence-corrected chi connectivity index (χ0v) is 12.9. The number of hydrogen-bond donors (Lipinski definition) is 1. The number of nitriles is 1. The van der Waals surface area contributed by atoms with Gasteiger partial charge in [0.1, 0.15) is 6.42 Å². The second kappa shape index (κ2) is 9.73. The average Bonchev–Trinajstić information content (AvgIpc) is 2.43. The molecule has 0 aromatic rings. The molecule has 1 N–H and O–H groups in total. The first-order valence-electron chi connectivity index (χ1n) is 7.66. The molecule has 1 saturated heterocycles. The van der Waals surface area contributed by atoms with E-state index >= 15 is 0 Å². The van der Waals surface area contributed by atoms with Crippen molar-refractivity contribution in [1.29, 1.82) is 5.26 Å². The van der Waals surface area contributed by atoms with Crippen LogP contribution in [0, 0.1) is 11.3 Å². The Morgan fingerprint density at radius 2 is 2.05 bits per heavy atom. The van der Waals surface area contributed by atoms with E-state index in [1.165, 1.54) is 32.4 Å². The van der Waals surface area contributed by atoms with Crippen molar-refractivity contribution in [3.63, 3.8) is 0 Å². The van der Waals surface area contributed by atoms with Crippen molar-refractivity contribution in [3.05, 3.63) is 0 Å². The van der Waals surface area contributed by atoms with Crippen LogP contribution >= 0.6 is 0 Å². The highest BCUT2D eigenvalue weighted by Gasteiger charge is 2.19. The van der Waals surface area contributed by atoms with Crippen LogP contribution in [0.5, 0.6) is 0 Å². The van der Waals surface area contributed by atoms with Gasteiger partial charge in [-0.3, -0.25) is 4.79 Å². The van der Waals surface area contributed by atoms with E-state index < -0.39 is 0 Å². The van der Waals surface area contributed by atoms with Gasteiger partial charge in [0.15, 0.2) is 0 Å². The predicted octanol–water partition coefficient (Wildman–Crippen LogP) is 1.21. The largest absolute Gasteiger partial charge is 0.355 e. The lowest BCUT2D eigenvalue weighted by Gasteiger charge is -2.35. The van der Waals surface area contributed by atoms with Gasteiger partial charge in [-0.15, -0.1) is 0 Å². The molecule has 1 heterocycles. The first-order valence-corrected chi connectivity index (χ1v) is 7.66. The maximum absolute atomic E-state index is 11.1. The van der Waals surface area contributed by atoms with Crippen molar-refractivity contribution in [2.75, 3.05) is 40.3 Å². The molecule has 0 aromatic heterocycles. The van der Waals surface area contributed by atoms with Gasteiger partial charge < -0.3 is 15.1 Å². The molecular weight excluding hydrogens is 252 g/mol. The fourth-order valence-electron chi connectivity index (χ4n) is 2.64. The lowest BCUT2D eigenvalue weighted by molar-refractivity contribution is -0.120. The second-order valence-electron chi connectivity index (χ2n) is 5.76. The number of rotatable bonds is 8. The highest BCUT2D eigenvalue weighted by Crippen LogP contribution is 2.14. The van der Waals surface area contributed by atoms with Crippen LogP contribution in [0.2, 0.25) is 0 Å². The summed E-state index contributed by atoms with van der Waals surface area (Å²) in [5, 5.41) is 11.1. The highest BCUT2D eigenvalue weighted by molar-refractivity contribution is 5.77. The fraction of sp³-hybridized carbons (Fsp3) is 0.867. The van der Waals surface area contributed by atoms with Gasteiger partial charge in [0.2, 0.25) is 5.91 Å². The summed E-state index contributed by atoms with van der Waals surface area (Å²) < 4.78 is 0. The monoisotopic (exact) mass is 280 g/mol. The van der Waals surface area contributed by atoms with Crippen LogP contribution in [0.3, 0.4) is 0 Å². The summed E-state index contributed by atoms with van der Waals surface area (Å²) in [6, 6.07) is 2.59. The zero-order valence-electron chi connectivity index (χ0n) is 12.9.